The van der Waals surface area contributed by atoms with Gasteiger partial charge in [0.05, 0.1) is 16.4 Å². The van der Waals surface area contributed by atoms with Crippen molar-refractivity contribution in [1.82, 2.24) is 0 Å². The first-order valence-corrected chi connectivity index (χ1v) is 12.2. The fourth-order valence-electron chi connectivity index (χ4n) is 3.77. The molecular weight excluding hydrogens is 525 g/mol. The van der Waals surface area contributed by atoms with Gasteiger partial charge in [-0.15, -0.1) is 0 Å². The third kappa shape index (κ3) is 5.25. The predicted octanol–water partition coefficient (Wildman–Crippen LogP) is 6.82. The minimum atomic E-state index is -0.663. The van der Waals surface area contributed by atoms with E-state index in [2.05, 4.69) is 10.6 Å². The molecule has 3 amide bonds. The van der Waals surface area contributed by atoms with Crippen LogP contribution in [0.5, 0.6) is 11.5 Å². The number of imide groups is 1. The monoisotopic (exact) mass is 543 g/mol. The molecule has 9 heteroatoms. The van der Waals surface area contributed by atoms with Crippen LogP contribution in [0.15, 0.2) is 114 Å². The molecule has 1 aliphatic rings. The second kappa shape index (κ2) is 10.8. The van der Waals surface area contributed by atoms with Gasteiger partial charge in [-0.1, -0.05) is 59.6 Å². The molecule has 38 heavy (non-hydrogen) atoms. The summed E-state index contributed by atoms with van der Waals surface area (Å²) in [5.74, 6) is -0.475. The van der Waals surface area contributed by atoms with Crippen molar-refractivity contribution in [2.24, 2.45) is 0 Å². The highest BCUT2D eigenvalue weighted by Gasteiger charge is 2.39. The molecule has 7 nitrogen and oxygen atoms in total. The van der Waals surface area contributed by atoms with Gasteiger partial charge in [0.25, 0.3) is 17.7 Å². The first-order chi connectivity index (χ1) is 18.4. The number of carbonyl (C=O) groups is 3. The number of benzene rings is 4. The Labute approximate surface area is 228 Å². The van der Waals surface area contributed by atoms with Crippen LogP contribution in [0.4, 0.5) is 17.1 Å². The van der Waals surface area contributed by atoms with Crippen molar-refractivity contribution < 1.29 is 19.1 Å². The zero-order valence-electron chi connectivity index (χ0n) is 19.7. The van der Waals surface area contributed by atoms with E-state index in [1.807, 2.05) is 30.3 Å². The summed E-state index contributed by atoms with van der Waals surface area (Å²) in [6, 6.07) is 29.1. The molecule has 0 unspecified atom stereocenters. The first kappa shape index (κ1) is 25.1. The summed E-state index contributed by atoms with van der Waals surface area (Å²) in [5, 5.41) is 5.78. The number of anilines is 3. The molecule has 1 aliphatic heterocycles. The normalized spacial score (nSPS) is 13.1. The van der Waals surface area contributed by atoms with Crippen molar-refractivity contribution in [1.29, 1.82) is 0 Å². The van der Waals surface area contributed by atoms with Crippen LogP contribution in [-0.2, 0) is 9.59 Å². The molecule has 0 radical (unpaired) electrons. The average molecular weight is 544 g/mol. The third-order valence-corrected chi connectivity index (χ3v) is 6.30. The highest BCUT2D eigenvalue weighted by molar-refractivity contribution is 6.53. The molecule has 0 aliphatic carbocycles. The maximum atomic E-state index is 13.2. The van der Waals surface area contributed by atoms with E-state index < -0.39 is 17.7 Å². The second-order valence-corrected chi connectivity index (χ2v) is 8.97. The van der Waals surface area contributed by atoms with E-state index in [9.17, 15) is 14.4 Å². The van der Waals surface area contributed by atoms with Gasteiger partial charge in [-0.2, -0.15) is 0 Å². The van der Waals surface area contributed by atoms with E-state index in [1.165, 1.54) is 0 Å². The Kier molecular flexibility index (Phi) is 7.13. The smallest absolute Gasteiger partial charge is 0.283 e. The molecule has 0 aromatic heterocycles. The van der Waals surface area contributed by atoms with Crippen LogP contribution in [0.3, 0.4) is 0 Å². The topological polar surface area (TPSA) is 87.7 Å². The number of rotatable bonds is 7. The van der Waals surface area contributed by atoms with E-state index in [4.69, 9.17) is 27.9 Å². The zero-order valence-corrected chi connectivity index (χ0v) is 21.2. The van der Waals surface area contributed by atoms with Gasteiger partial charge in [0.1, 0.15) is 22.2 Å². The number of hydrogen-bond donors (Lipinski definition) is 2. The summed E-state index contributed by atoms with van der Waals surface area (Å²) >= 11 is 12.4. The van der Waals surface area contributed by atoms with Crippen molar-refractivity contribution in [3.8, 4) is 11.5 Å². The minimum Gasteiger partial charge on any atom is -0.457 e. The van der Waals surface area contributed by atoms with Crippen molar-refractivity contribution in [2.75, 3.05) is 15.5 Å². The molecular formula is C29H19Cl2N3O4. The summed E-state index contributed by atoms with van der Waals surface area (Å²) in [7, 11) is 0. The molecule has 4 aromatic carbocycles. The van der Waals surface area contributed by atoms with Crippen molar-refractivity contribution in [3.63, 3.8) is 0 Å². The standard InChI is InChI=1S/C29H19Cl2N3O4/c30-23-11-4-5-12-24(23)33-27(35)18-7-6-8-19(17-18)32-26-25(31)28(36)34(29(26)37)20-13-15-22(16-14-20)38-21-9-2-1-3-10-21/h1-17,32H,(H,33,35). The van der Waals surface area contributed by atoms with Crippen molar-refractivity contribution in [3.05, 3.63) is 124 Å². The Morgan fingerprint density at radius 1 is 0.737 bits per heavy atom. The Morgan fingerprint density at radius 3 is 2.16 bits per heavy atom. The van der Waals surface area contributed by atoms with Crippen LogP contribution < -0.4 is 20.3 Å². The molecule has 5 rings (SSSR count). The Morgan fingerprint density at radius 2 is 1.42 bits per heavy atom. The second-order valence-electron chi connectivity index (χ2n) is 8.18. The number of halogens is 2. The van der Waals surface area contributed by atoms with Crippen LogP contribution >= 0.6 is 23.2 Å². The van der Waals surface area contributed by atoms with E-state index in [0.717, 1.165) is 4.90 Å². The lowest BCUT2D eigenvalue weighted by Gasteiger charge is -2.16. The minimum absolute atomic E-state index is 0.0926. The third-order valence-electron chi connectivity index (χ3n) is 5.62. The summed E-state index contributed by atoms with van der Waals surface area (Å²) < 4.78 is 5.77. The van der Waals surface area contributed by atoms with Gasteiger partial charge in [-0.05, 0) is 66.7 Å². The van der Waals surface area contributed by atoms with Gasteiger partial charge in [0.2, 0.25) is 0 Å². The Hall–Kier alpha value is -4.59. The van der Waals surface area contributed by atoms with Crippen LogP contribution in [-0.4, -0.2) is 17.7 Å². The van der Waals surface area contributed by atoms with Crippen LogP contribution in [0.25, 0.3) is 0 Å². The number of carbonyl (C=O) groups excluding carboxylic acids is 3. The summed E-state index contributed by atoms with van der Waals surface area (Å²) in [6.45, 7) is 0. The molecule has 188 valence electrons. The van der Waals surface area contributed by atoms with E-state index in [1.54, 1.807) is 72.8 Å². The number of nitrogens with one attached hydrogen (secondary N) is 2. The SMILES string of the molecule is O=C(Nc1ccccc1Cl)c1cccc(NC2=C(Cl)C(=O)N(c3ccc(Oc4ccccc4)cc3)C2=O)c1. The molecule has 0 fully saturated rings. The summed E-state index contributed by atoms with van der Waals surface area (Å²) in [5.41, 5.74) is 1.43. The van der Waals surface area contributed by atoms with Crippen molar-refractivity contribution in [2.45, 2.75) is 0 Å². The van der Waals surface area contributed by atoms with E-state index in [-0.39, 0.29) is 10.7 Å². The number of nitrogens with zero attached hydrogens (tertiary/aromatic N) is 1. The Balaban J connectivity index is 1.30. The van der Waals surface area contributed by atoms with Crippen LogP contribution in [0.2, 0.25) is 5.02 Å². The highest BCUT2D eigenvalue weighted by atomic mass is 35.5. The lowest BCUT2D eigenvalue weighted by atomic mass is 10.1. The molecule has 0 bridgehead atoms. The molecule has 4 aromatic rings. The number of ether oxygens (including phenoxy) is 1. The zero-order chi connectivity index (χ0) is 26.6. The summed E-state index contributed by atoms with van der Waals surface area (Å²) in [6.07, 6.45) is 0. The first-order valence-electron chi connectivity index (χ1n) is 11.5. The Bertz CT molecular complexity index is 1570. The van der Waals surface area contributed by atoms with Crippen molar-refractivity contribution >= 4 is 58.0 Å². The quantitative estimate of drug-likeness (QED) is 0.249. The maximum absolute atomic E-state index is 13.2. The largest absolute Gasteiger partial charge is 0.457 e. The molecule has 1 heterocycles. The molecule has 0 atom stereocenters. The lowest BCUT2D eigenvalue weighted by molar-refractivity contribution is -0.120. The van der Waals surface area contributed by atoms with Gasteiger partial charge >= 0.3 is 0 Å². The number of hydrogen-bond acceptors (Lipinski definition) is 5. The van der Waals surface area contributed by atoms with Gasteiger partial charge in [-0.3, -0.25) is 14.4 Å². The van der Waals surface area contributed by atoms with E-state index >= 15 is 0 Å². The number of amides is 3. The molecule has 0 saturated heterocycles. The number of para-hydroxylation sites is 2. The highest BCUT2D eigenvalue weighted by Crippen LogP contribution is 2.32. The lowest BCUT2D eigenvalue weighted by Crippen LogP contribution is -2.32. The molecule has 0 saturated carbocycles. The maximum Gasteiger partial charge on any atom is 0.283 e. The summed E-state index contributed by atoms with van der Waals surface area (Å²) in [4.78, 5) is 39.8. The van der Waals surface area contributed by atoms with Gasteiger partial charge in [-0.25, -0.2) is 4.90 Å². The van der Waals surface area contributed by atoms with E-state index in [0.29, 0.717) is 39.1 Å². The molecule has 2 N–H and O–H groups in total. The molecule has 0 spiro atoms. The van der Waals surface area contributed by atoms with Gasteiger partial charge in [0, 0.05) is 11.3 Å². The average Bonchev–Trinajstić information content (AvgIpc) is 3.14. The predicted molar refractivity (Wildman–Crippen MR) is 148 cm³/mol. The fraction of sp³-hybridized carbons (Fsp3) is 0. The van der Waals surface area contributed by atoms with Crippen LogP contribution in [0, 0.1) is 0 Å². The van der Waals surface area contributed by atoms with Gasteiger partial charge < -0.3 is 15.4 Å². The van der Waals surface area contributed by atoms with Gasteiger partial charge in [0.15, 0.2) is 0 Å². The van der Waals surface area contributed by atoms with Crippen LogP contribution in [0.1, 0.15) is 10.4 Å². The fourth-order valence-corrected chi connectivity index (χ4v) is 4.17.